The molecule has 3 nitrogen and oxygen atoms in total. The summed E-state index contributed by atoms with van der Waals surface area (Å²) in [7, 11) is 0. The van der Waals surface area contributed by atoms with Crippen molar-refractivity contribution in [1.29, 1.82) is 5.26 Å². The number of thioether (sulfide) groups is 1. The zero-order chi connectivity index (χ0) is 11.6. The van der Waals surface area contributed by atoms with Gasteiger partial charge in [-0.2, -0.15) is 17.0 Å². The molecule has 84 valence electrons. The lowest BCUT2D eigenvalue weighted by Crippen LogP contribution is -2.18. The number of rotatable bonds is 4. The fraction of sp³-hybridized carbons (Fsp3) is 0.500. The Bertz CT molecular complexity index is 432. The second-order valence-electron chi connectivity index (χ2n) is 4.20. The van der Waals surface area contributed by atoms with E-state index < -0.39 is 0 Å². The van der Waals surface area contributed by atoms with E-state index in [1.807, 2.05) is 24.8 Å². The lowest BCUT2D eigenvalue weighted by Gasteiger charge is -2.14. The first-order valence-corrected chi connectivity index (χ1v) is 6.58. The van der Waals surface area contributed by atoms with E-state index in [9.17, 15) is 0 Å². The normalized spacial score (nSPS) is 16.6. The summed E-state index contributed by atoms with van der Waals surface area (Å²) in [5.74, 6) is 0.725. The van der Waals surface area contributed by atoms with Gasteiger partial charge < -0.3 is 5.32 Å². The molecule has 1 saturated carbocycles. The maximum atomic E-state index is 9.07. The smallest absolute Gasteiger partial charge is 0.144 e. The van der Waals surface area contributed by atoms with Crippen molar-refractivity contribution in [3.8, 4) is 6.07 Å². The van der Waals surface area contributed by atoms with Crippen LogP contribution in [0.25, 0.3) is 0 Å². The number of nitrogens with one attached hydrogen (secondary N) is 1. The van der Waals surface area contributed by atoms with Crippen LogP contribution in [0.4, 0.5) is 5.82 Å². The number of aromatic nitrogens is 1. The SMILES string of the molecule is CSC1(CNc2nccc(C)c2C#N)CC1. The Morgan fingerprint density at radius 3 is 2.94 bits per heavy atom. The van der Waals surface area contributed by atoms with Crippen molar-refractivity contribution in [1.82, 2.24) is 4.98 Å². The molecule has 1 heterocycles. The first kappa shape index (κ1) is 11.3. The summed E-state index contributed by atoms with van der Waals surface area (Å²) in [6, 6.07) is 4.07. The highest BCUT2D eigenvalue weighted by Gasteiger charge is 2.41. The first-order chi connectivity index (χ1) is 7.71. The molecular formula is C12H15N3S. The number of pyridine rings is 1. The monoisotopic (exact) mass is 233 g/mol. The fourth-order valence-corrected chi connectivity index (χ4v) is 2.40. The van der Waals surface area contributed by atoms with E-state index in [-0.39, 0.29) is 0 Å². The van der Waals surface area contributed by atoms with Crippen molar-refractivity contribution in [3.05, 3.63) is 23.4 Å². The molecule has 0 saturated heterocycles. The minimum atomic E-state index is 0.387. The Kier molecular flexibility index (Phi) is 3.06. The molecule has 0 unspecified atom stereocenters. The zero-order valence-electron chi connectivity index (χ0n) is 9.58. The first-order valence-electron chi connectivity index (χ1n) is 5.35. The summed E-state index contributed by atoms with van der Waals surface area (Å²) in [5, 5.41) is 12.4. The maximum Gasteiger partial charge on any atom is 0.144 e. The van der Waals surface area contributed by atoms with E-state index in [0.29, 0.717) is 10.3 Å². The van der Waals surface area contributed by atoms with Crippen LogP contribution in [0.3, 0.4) is 0 Å². The molecule has 1 fully saturated rings. The van der Waals surface area contributed by atoms with E-state index >= 15 is 0 Å². The molecule has 2 rings (SSSR count). The minimum absolute atomic E-state index is 0.387. The van der Waals surface area contributed by atoms with Crippen LogP contribution in [0.5, 0.6) is 0 Å². The molecular weight excluding hydrogens is 218 g/mol. The topological polar surface area (TPSA) is 48.7 Å². The van der Waals surface area contributed by atoms with Crippen LogP contribution in [0.15, 0.2) is 12.3 Å². The van der Waals surface area contributed by atoms with Crippen molar-refractivity contribution < 1.29 is 0 Å². The molecule has 0 spiro atoms. The molecule has 1 aliphatic carbocycles. The lowest BCUT2D eigenvalue weighted by molar-refractivity contribution is 0.938. The van der Waals surface area contributed by atoms with Crippen LogP contribution in [-0.4, -0.2) is 22.5 Å². The summed E-state index contributed by atoms with van der Waals surface area (Å²) in [6.45, 7) is 2.84. The summed E-state index contributed by atoms with van der Waals surface area (Å²) in [5.41, 5.74) is 1.65. The van der Waals surface area contributed by atoms with E-state index in [4.69, 9.17) is 5.26 Å². The number of nitrogens with zero attached hydrogens (tertiary/aromatic N) is 2. The van der Waals surface area contributed by atoms with Crippen molar-refractivity contribution in [3.63, 3.8) is 0 Å². The van der Waals surface area contributed by atoms with E-state index in [1.165, 1.54) is 12.8 Å². The number of hydrogen-bond donors (Lipinski definition) is 1. The third kappa shape index (κ3) is 2.14. The number of nitriles is 1. The molecule has 0 radical (unpaired) electrons. The minimum Gasteiger partial charge on any atom is -0.368 e. The lowest BCUT2D eigenvalue weighted by atomic mass is 10.1. The molecule has 1 aliphatic rings. The third-order valence-corrected chi connectivity index (χ3v) is 4.51. The number of aryl methyl sites for hydroxylation is 1. The Hall–Kier alpha value is -1.21. The van der Waals surface area contributed by atoms with Crippen molar-refractivity contribution in [2.24, 2.45) is 0 Å². The van der Waals surface area contributed by atoms with Crippen LogP contribution >= 0.6 is 11.8 Å². The molecule has 16 heavy (non-hydrogen) atoms. The van der Waals surface area contributed by atoms with Gasteiger partial charge in [-0.25, -0.2) is 4.98 Å². The standard InChI is InChI=1S/C12H15N3S/c1-9-3-6-14-11(10(9)7-13)15-8-12(16-2)4-5-12/h3,6H,4-5,8H2,1-2H3,(H,14,15). The van der Waals surface area contributed by atoms with Gasteiger partial charge in [-0.15, -0.1) is 0 Å². The highest BCUT2D eigenvalue weighted by Crippen LogP contribution is 2.47. The number of hydrogen-bond acceptors (Lipinski definition) is 4. The van der Waals surface area contributed by atoms with Crippen LogP contribution in [0, 0.1) is 18.3 Å². The Morgan fingerprint density at radius 2 is 2.38 bits per heavy atom. The second-order valence-corrected chi connectivity index (χ2v) is 5.48. The summed E-state index contributed by atoms with van der Waals surface area (Å²) in [4.78, 5) is 4.23. The van der Waals surface area contributed by atoms with E-state index in [2.05, 4.69) is 22.6 Å². The molecule has 0 aliphatic heterocycles. The Balaban J connectivity index is 2.10. The van der Waals surface area contributed by atoms with Gasteiger partial charge in [0.05, 0.1) is 5.56 Å². The van der Waals surface area contributed by atoms with E-state index in [1.54, 1.807) is 6.20 Å². The molecule has 1 aromatic heterocycles. The van der Waals surface area contributed by atoms with Gasteiger partial charge in [0, 0.05) is 17.5 Å². The van der Waals surface area contributed by atoms with Crippen LogP contribution in [0.1, 0.15) is 24.0 Å². The molecule has 1 aromatic rings. The number of anilines is 1. The molecule has 0 amide bonds. The highest BCUT2D eigenvalue weighted by atomic mass is 32.2. The maximum absolute atomic E-state index is 9.07. The molecule has 1 N–H and O–H groups in total. The van der Waals surface area contributed by atoms with Gasteiger partial charge in [0.15, 0.2) is 0 Å². The van der Waals surface area contributed by atoms with Gasteiger partial charge in [-0.3, -0.25) is 0 Å². The van der Waals surface area contributed by atoms with Gasteiger partial charge in [0.2, 0.25) is 0 Å². The fourth-order valence-electron chi connectivity index (χ4n) is 1.67. The van der Waals surface area contributed by atoms with Crippen LogP contribution in [0.2, 0.25) is 0 Å². The molecule has 0 aromatic carbocycles. The third-order valence-electron chi connectivity index (χ3n) is 3.09. The van der Waals surface area contributed by atoms with Crippen LogP contribution in [-0.2, 0) is 0 Å². The van der Waals surface area contributed by atoms with Crippen LogP contribution < -0.4 is 5.32 Å². The average molecular weight is 233 g/mol. The van der Waals surface area contributed by atoms with Gasteiger partial charge in [-0.05, 0) is 37.7 Å². The van der Waals surface area contributed by atoms with E-state index in [0.717, 1.165) is 17.9 Å². The van der Waals surface area contributed by atoms with Gasteiger partial charge in [0.1, 0.15) is 11.9 Å². The molecule has 4 heteroatoms. The largest absolute Gasteiger partial charge is 0.368 e. The zero-order valence-corrected chi connectivity index (χ0v) is 10.4. The highest BCUT2D eigenvalue weighted by molar-refractivity contribution is 8.00. The van der Waals surface area contributed by atoms with Crippen molar-refractivity contribution >= 4 is 17.6 Å². The summed E-state index contributed by atoms with van der Waals surface area (Å²) in [6.07, 6.45) is 6.41. The van der Waals surface area contributed by atoms with Gasteiger partial charge in [-0.1, -0.05) is 0 Å². The predicted molar refractivity (Wildman–Crippen MR) is 67.7 cm³/mol. The van der Waals surface area contributed by atoms with Crippen molar-refractivity contribution in [2.75, 3.05) is 18.1 Å². The molecule has 0 bridgehead atoms. The summed E-state index contributed by atoms with van der Waals surface area (Å²) < 4.78 is 0.387. The van der Waals surface area contributed by atoms with Crippen molar-refractivity contribution in [2.45, 2.75) is 24.5 Å². The van der Waals surface area contributed by atoms with Gasteiger partial charge >= 0.3 is 0 Å². The summed E-state index contributed by atoms with van der Waals surface area (Å²) >= 11 is 1.90. The van der Waals surface area contributed by atoms with Gasteiger partial charge in [0.25, 0.3) is 0 Å². The quantitative estimate of drug-likeness (QED) is 0.868. The average Bonchev–Trinajstić information content (AvgIpc) is 3.07. The molecule has 0 atom stereocenters. The second kappa shape index (κ2) is 4.34. The Morgan fingerprint density at radius 1 is 1.62 bits per heavy atom. The predicted octanol–water partition coefficient (Wildman–Crippen LogP) is 2.57. The Labute approximate surface area is 100 Å².